The van der Waals surface area contributed by atoms with Gasteiger partial charge in [0.05, 0.1) is 42.5 Å². The molecule has 0 fully saturated rings. The zero-order valence-corrected chi connectivity index (χ0v) is 19.4. The summed E-state index contributed by atoms with van der Waals surface area (Å²) in [6.45, 7) is 3.70. The van der Waals surface area contributed by atoms with Crippen molar-refractivity contribution in [2.24, 2.45) is 0 Å². The third-order valence-electron chi connectivity index (χ3n) is 6.91. The van der Waals surface area contributed by atoms with E-state index in [1.165, 1.54) is 0 Å². The molecule has 0 amide bonds. The number of fused-ring (bicyclic) bond motifs is 5. The highest BCUT2D eigenvalue weighted by Crippen LogP contribution is 2.41. The van der Waals surface area contributed by atoms with Crippen LogP contribution in [0.3, 0.4) is 0 Å². The van der Waals surface area contributed by atoms with E-state index in [0.717, 1.165) is 0 Å². The smallest absolute Gasteiger partial charge is 0.309 e. The summed E-state index contributed by atoms with van der Waals surface area (Å²) in [6.07, 6.45) is 1.08. The van der Waals surface area contributed by atoms with Gasteiger partial charge in [-0.25, -0.2) is 4.98 Å². The number of rotatable bonds is 5. The van der Waals surface area contributed by atoms with Crippen LogP contribution in [-0.4, -0.2) is 33.5 Å². The van der Waals surface area contributed by atoms with E-state index in [0.29, 0.717) is 57.6 Å². The molecular weight excluding hydrogens is 436 g/mol. The monoisotopic (exact) mass is 462 g/mol. The number of ether oxygens (including phenoxy) is 2. The molecule has 5 rings (SSSR count). The van der Waals surface area contributed by atoms with Crippen LogP contribution in [0.1, 0.15) is 66.6 Å². The number of aliphatic hydroxyl groups is 1. The maximum absolute atomic E-state index is 13.6. The topological polar surface area (TPSA) is 108 Å². The lowest BCUT2D eigenvalue weighted by Gasteiger charge is -2.26. The molecule has 0 aliphatic carbocycles. The van der Waals surface area contributed by atoms with E-state index in [2.05, 4.69) is 0 Å². The molecule has 1 N–H and O–H groups in total. The van der Waals surface area contributed by atoms with Crippen LogP contribution in [0.15, 0.2) is 29.1 Å². The van der Waals surface area contributed by atoms with Crippen LogP contribution in [0, 0.1) is 0 Å². The summed E-state index contributed by atoms with van der Waals surface area (Å²) in [6, 6.07) is 7.14. The van der Waals surface area contributed by atoms with E-state index in [-0.39, 0.29) is 42.9 Å². The van der Waals surface area contributed by atoms with Crippen molar-refractivity contribution < 1.29 is 24.2 Å². The second-order valence-electron chi connectivity index (χ2n) is 8.91. The maximum Gasteiger partial charge on any atom is 0.309 e. The van der Waals surface area contributed by atoms with E-state index >= 15 is 0 Å². The Morgan fingerprint density at radius 3 is 2.74 bits per heavy atom. The van der Waals surface area contributed by atoms with Gasteiger partial charge in [-0.1, -0.05) is 13.8 Å². The molecule has 4 heterocycles. The minimum atomic E-state index is -1.51. The van der Waals surface area contributed by atoms with Crippen molar-refractivity contribution in [3.05, 3.63) is 56.9 Å². The van der Waals surface area contributed by atoms with Crippen molar-refractivity contribution in [3.63, 3.8) is 0 Å². The van der Waals surface area contributed by atoms with Crippen LogP contribution in [-0.2, 0) is 28.3 Å². The van der Waals surface area contributed by atoms with Crippen molar-refractivity contribution in [1.82, 2.24) is 9.55 Å². The predicted octanol–water partition coefficient (Wildman–Crippen LogP) is 3.46. The molecule has 0 bridgehead atoms. The first-order valence-electron chi connectivity index (χ1n) is 11.5. The number of hydrogen-bond donors (Lipinski definition) is 1. The molecule has 0 radical (unpaired) electrons. The Bertz CT molecular complexity index is 1420. The van der Waals surface area contributed by atoms with Gasteiger partial charge in [-0.05, 0) is 42.7 Å². The highest BCUT2D eigenvalue weighted by atomic mass is 16.5. The fourth-order valence-corrected chi connectivity index (χ4v) is 5.05. The molecule has 3 aromatic rings. The number of Topliss-reactive ketones (excluding diaryl/α,β-unsaturated/α-hetero) is 1. The summed E-state index contributed by atoms with van der Waals surface area (Å²) in [5.41, 5.74) is 1.75. The van der Waals surface area contributed by atoms with Gasteiger partial charge in [0.25, 0.3) is 5.56 Å². The summed E-state index contributed by atoms with van der Waals surface area (Å²) in [7, 11) is 1.57. The molecule has 34 heavy (non-hydrogen) atoms. The van der Waals surface area contributed by atoms with Gasteiger partial charge in [-0.2, -0.15) is 0 Å². The Kier molecular flexibility index (Phi) is 5.28. The Balaban J connectivity index is 1.81. The predicted molar refractivity (Wildman–Crippen MR) is 125 cm³/mol. The van der Waals surface area contributed by atoms with Crippen LogP contribution < -0.4 is 10.3 Å². The van der Waals surface area contributed by atoms with Crippen molar-refractivity contribution in [1.29, 1.82) is 0 Å². The number of carbonyl (C=O) groups excluding carboxylic acids is 2. The van der Waals surface area contributed by atoms with Crippen molar-refractivity contribution >= 4 is 22.7 Å². The molecule has 0 spiro atoms. The molecule has 2 aromatic heterocycles. The Morgan fingerprint density at radius 2 is 2.03 bits per heavy atom. The average molecular weight is 463 g/mol. The fourth-order valence-electron chi connectivity index (χ4n) is 5.05. The van der Waals surface area contributed by atoms with E-state index in [1.54, 1.807) is 36.8 Å². The standard InChI is InChI=1S/C26H26N2O6/c1-4-6-21(29)23-15-9-14(33-3)7-8-19(15)27-24-16(23)12-28-20(24)10-18-17(25(28)31)13-34-22(30)11-26(18,32)5-2/h7-10,32H,4-6,11-13H2,1-3H3. The second kappa shape index (κ2) is 8.06. The number of cyclic esters (lactones) is 1. The molecule has 0 saturated heterocycles. The molecule has 8 heteroatoms. The average Bonchev–Trinajstić information content (AvgIpc) is 3.13. The normalized spacial score (nSPS) is 18.6. The van der Waals surface area contributed by atoms with Gasteiger partial charge >= 0.3 is 5.97 Å². The number of benzene rings is 1. The SMILES string of the molecule is CCCC(=O)c1c2c(nc3ccc(OC)cc13)-c1cc3c(c(=O)n1C2)COC(=O)CC3(O)CC. The number of hydrogen-bond acceptors (Lipinski definition) is 7. The first kappa shape index (κ1) is 22.3. The summed E-state index contributed by atoms with van der Waals surface area (Å²) < 4.78 is 12.2. The van der Waals surface area contributed by atoms with Crippen LogP contribution >= 0.6 is 0 Å². The number of nitrogens with zero attached hydrogens (tertiary/aromatic N) is 2. The molecule has 0 saturated carbocycles. The minimum Gasteiger partial charge on any atom is -0.497 e. The van der Waals surface area contributed by atoms with Gasteiger partial charge in [-0.3, -0.25) is 14.4 Å². The Hall–Kier alpha value is -3.52. The van der Waals surface area contributed by atoms with Gasteiger partial charge in [0.1, 0.15) is 18.0 Å². The first-order chi connectivity index (χ1) is 16.3. The number of esters is 1. The Labute approximate surface area is 196 Å². The van der Waals surface area contributed by atoms with Gasteiger partial charge in [0.2, 0.25) is 0 Å². The molecule has 2 aliphatic rings. The number of pyridine rings is 2. The molecular formula is C26H26N2O6. The van der Waals surface area contributed by atoms with Gasteiger partial charge in [0.15, 0.2) is 5.78 Å². The lowest BCUT2D eigenvalue weighted by molar-refractivity contribution is -0.149. The quantitative estimate of drug-likeness (QED) is 0.357. The summed E-state index contributed by atoms with van der Waals surface area (Å²) in [4.78, 5) is 43.8. The summed E-state index contributed by atoms with van der Waals surface area (Å²) >= 11 is 0. The highest BCUT2D eigenvalue weighted by molar-refractivity contribution is 6.10. The summed E-state index contributed by atoms with van der Waals surface area (Å²) in [5, 5.41) is 12.0. The van der Waals surface area contributed by atoms with Crippen LogP contribution in [0.2, 0.25) is 0 Å². The number of aromatic nitrogens is 2. The lowest BCUT2D eigenvalue weighted by atomic mass is 9.85. The van der Waals surface area contributed by atoms with Crippen LogP contribution in [0.5, 0.6) is 5.75 Å². The second-order valence-corrected chi connectivity index (χ2v) is 8.91. The van der Waals surface area contributed by atoms with Crippen LogP contribution in [0.25, 0.3) is 22.3 Å². The van der Waals surface area contributed by atoms with Crippen LogP contribution in [0.4, 0.5) is 0 Å². The molecule has 176 valence electrons. The van der Waals surface area contributed by atoms with E-state index in [4.69, 9.17) is 14.5 Å². The zero-order valence-electron chi connectivity index (χ0n) is 19.4. The Morgan fingerprint density at radius 1 is 1.24 bits per heavy atom. The minimum absolute atomic E-state index is 0.0131. The largest absolute Gasteiger partial charge is 0.497 e. The molecule has 1 aromatic carbocycles. The van der Waals surface area contributed by atoms with Crippen molar-refractivity contribution in [3.8, 4) is 17.1 Å². The van der Waals surface area contributed by atoms with E-state index < -0.39 is 11.6 Å². The lowest BCUT2D eigenvalue weighted by Crippen LogP contribution is -2.32. The van der Waals surface area contributed by atoms with Gasteiger partial charge in [-0.15, -0.1) is 0 Å². The zero-order chi connectivity index (χ0) is 24.2. The number of ketones is 1. The highest BCUT2D eigenvalue weighted by Gasteiger charge is 2.40. The van der Waals surface area contributed by atoms with Crippen molar-refractivity contribution in [2.75, 3.05) is 7.11 Å². The van der Waals surface area contributed by atoms with E-state index in [1.807, 2.05) is 13.0 Å². The number of carbonyl (C=O) groups is 2. The molecule has 1 unspecified atom stereocenters. The fraction of sp³-hybridized carbons (Fsp3) is 0.385. The molecule has 1 atom stereocenters. The maximum atomic E-state index is 13.6. The third kappa shape index (κ3) is 3.24. The molecule has 2 aliphatic heterocycles. The summed E-state index contributed by atoms with van der Waals surface area (Å²) in [5.74, 6) is 0.0610. The third-order valence-corrected chi connectivity index (χ3v) is 6.91. The van der Waals surface area contributed by atoms with E-state index in [9.17, 15) is 19.5 Å². The van der Waals surface area contributed by atoms with Crippen molar-refractivity contribution in [2.45, 2.75) is 58.3 Å². The first-order valence-corrected chi connectivity index (χ1v) is 11.5. The molecule has 8 nitrogen and oxygen atoms in total. The number of methoxy groups -OCH3 is 1. The van der Waals surface area contributed by atoms with Gasteiger partial charge in [0, 0.05) is 22.9 Å². The van der Waals surface area contributed by atoms with Gasteiger partial charge < -0.3 is 19.1 Å².